The number of hydrogen-bond acceptors (Lipinski definition) is 3. The number of allylic oxidation sites excluding steroid dienone is 3. The molecule has 16 heavy (non-hydrogen) atoms. The highest BCUT2D eigenvalue weighted by atomic mass is 16.5. The Balaban J connectivity index is 1.75. The van der Waals surface area contributed by atoms with Crippen LogP contribution in [0.5, 0.6) is 0 Å². The molecule has 2 rings (SSSR count). The zero-order chi connectivity index (χ0) is 11.5. The number of amides is 1. The molecule has 0 saturated carbocycles. The smallest absolute Gasteiger partial charge is 0.239 e. The lowest BCUT2D eigenvalue weighted by Crippen LogP contribution is -2.66. The molecular weight excluding hydrogens is 204 g/mol. The Kier molecular flexibility index (Phi) is 3.29. The Morgan fingerprint density at radius 2 is 2.38 bits per heavy atom. The first kappa shape index (κ1) is 11.2. The third kappa shape index (κ3) is 2.27. The molecule has 1 aliphatic heterocycles. The minimum Gasteiger partial charge on any atom is -0.501 e. The fourth-order valence-corrected chi connectivity index (χ4v) is 2.12. The van der Waals surface area contributed by atoms with Crippen molar-refractivity contribution in [3.05, 3.63) is 23.5 Å². The Labute approximate surface area is 95.5 Å². The van der Waals surface area contributed by atoms with Gasteiger partial charge in [-0.05, 0) is 25.3 Å². The van der Waals surface area contributed by atoms with E-state index in [1.54, 1.807) is 7.11 Å². The van der Waals surface area contributed by atoms with Crippen LogP contribution in [0.4, 0.5) is 0 Å². The Morgan fingerprint density at radius 3 is 3.00 bits per heavy atom. The van der Waals surface area contributed by atoms with Gasteiger partial charge in [0.2, 0.25) is 5.91 Å². The van der Waals surface area contributed by atoms with E-state index < -0.39 is 0 Å². The molecule has 1 amide bonds. The average Bonchev–Trinajstić information content (AvgIpc) is 2.34. The maximum atomic E-state index is 10.9. The number of β-lactam (4-membered cyclic amide) rings is 1. The van der Waals surface area contributed by atoms with Crippen LogP contribution in [0.2, 0.25) is 0 Å². The van der Waals surface area contributed by atoms with Crippen molar-refractivity contribution in [1.82, 2.24) is 5.32 Å². The van der Waals surface area contributed by atoms with Crippen molar-refractivity contribution in [3.8, 4) is 0 Å². The van der Waals surface area contributed by atoms with Gasteiger partial charge in [-0.15, -0.1) is 0 Å². The van der Waals surface area contributed by atoms with Crippen molar-refractivity contribution in [3.63, 3.8) is 0 Å². The second kappa shape index (κ2) is 4.70. The van der Waals surface area contributed by atoms with Crippen LogP contribution in [0.3, 0.4) is 0 Å². The van der Waals surface area contributed by atoms with E-state index in [2.05, 4.69) is 17.5 Å². The summed E-state index contributed by atoms with van der Waals surface area (Å²) in [5, 5.41) is 2.82. The van der Waals surface area contributed by atoms with E-state index in [0.717, 1.165) is 31.4 Å². The van der Waals surface area contributed by atoms with E-state index >= 15 is 0 Å². The Morgan fingerprint density at radius 1 is 1.56 bits per heavy atom. The van der Waals surface area contributed by atoms with Gasteiger partial charge in [-0.25, -0.2) is 0 Å². The maximum Gasteiger partial charge on any atom is 0.239 e. The summed E-state index contributed by atoms with van der Waals surface area (Å²) >= 11 is 0. The summed E-state index contributed by atoms with van der Waals surface area (Å²) in [7, 11) is 1.71. The average molecular weight is 222 g/mol. The van der Waals surface area contributed by atoms with Crippen molar-refractivity contribution >= 4 is 5.91 Å². The largest absolute Gasteiger partial charge is 0.501 e. The first-order valence-corrected chi connectivity index (χ1v) is 5.67. The highest BCUT2D eigenvalue weighted by molar-refractivity contribution is 5.88. The molecule has 4 nitrogen and oxygen atoms in total. The first-order chi connectivity index (χ1) is 7.70. The summed E-state index contributed by atoms with van der Waals surface area (Å²) in [5.41, 5.74) is 7.05. The molecular formula is C12H18N2O2. The van der Waals surface area contributed by atoms with Gasteiger partial charge in [-0.3, -0.25) is 4.79 Å². The SMILES string of the molecule is COC1=CCC=C(CC[C@H]2NC(=O)[C@H]2N)C1. The number of carbonyl (C=O) groups excluding carboxylic acids is 1. The van der Waals surface area contributed by atoms with Crippen LogP contribution in [-0.2, 0) is 9.53 Å². The van der Waals surface area contributed by atoms with Gasteiger partial charge in [0.1, 0.15) is 6.04 Å². The number of rotatable bonds is 4. The van der Waals surface area contributed by atoms with Gasteiger partial charge < -0.3 is 15.8 Å². The van der Waals surface area contributed by atoms with Crippen molar-refractivity contribution in [2.45, 2.75) is 37.8 Å². The van der Waals surface area contributed by atoms with E-state index in [9.17, 15) is 4.79 Å². The monoisotopic (exact) mass is 222 g/mol. The van der Waals surface area contributed by atoms with Crippen molar-refractivity contribution < 1.29 is 9.53 Å². The van der Waals surface area contributed by atoms with Crippen LogP contribution in [-0.4, -0.2) is 25.1 Å². The van der Waals surface area contributed by atoms with Gasteiger partial charge in [0.25, 0.3) is 0 Å². The molecule has 1 saturated heterocycles. The molecule has 1 aliphatic carbocycles. The molecule has 4 heteroatoms. The molecule has 88 valence electrons. The summed E-state index contributed by atoms with van der Waals surface area (Å²) < 4.78 is 5.23. The van der Waals surface area contributed by atoms with Crippen molar-refractivity contribution in [2.24, 2.45) is 5.73 Å². The second-order valence-electron chi connectivity index (χ2n) is 4.33. The second-order valence-corrected chi connectivity index (χ2v) is 4.33. The van der Waals surface area contributed by atoms with Gasteiger partial charge in [-0.2, -0.15) is 0 Å². The van der Waals surface area contributed by atoms with E-state index in [4.69, 9.17) is 10.5 Å². The molecule has 0 aromatic heterocycles. The molecule has 0 unspecified atom stereocenters. The standard InChI is InChI=1S/C12H18N2O2/c1-16-9-4-2-3-8(7-9)5-6-10-11(13)12(15)14-10/h3-4,10-11H,2,5-7,13H2,1H3,(H,14,15)/t10-,11+/m1/s1. The summed E-state index contributed by atoms with van der Waals surface area (Å²) in [6, 6.07) is -0.146. The number of nitrogens with two attached hydrogens (primary N) is 1. The summed E-state index contributed by atoms with van der Waals surface area (Å²) in [5.74, 6) is 1.01. The predicted molar refractivity (Wildman–Crippen MR) is 61.5 cm³/mol. The number of ether oxygens (including phenoxy) is 1. The molecule has 2 atom stereocenters. The number of carbonyl (C=O) groups is 1. The quantitative estimate of drug-likeness (QED) is 0.547. The highest BCUT2D eigenvalue weighted by Crippen LogP contribution is 2.24. The topological polar surface area (TPSA) is 64.3 Å². The molecule has 0 bridgehead atoms. The van der Waals surface area contributed by atoms with Crippen molar-refractivity contribution in [2.75, 3.05) is 7.11 Å². The lowest BCUT2D eigenvalue weighted by atomic mass is 9.91. The predicted octanol–water partition coefficient (Wildman–Crippen LogP) is 0.843. The number of nitrogens with one attached hydrogen (secondary N) is 1. The summed E-state index contributed by atoms with van der Waals surface area (Å²) in [6.45, 7) is 0. The zero-order valence-electron chi connectivity index (χ0n) is 9.53. The van der Waals surface area contributed by atoms with E-state index in [1.807, 2.05) is 0 Å². The molecule has 0 aromatic rings. The molecule has 1 heterocycles. The summed E-state index contributed by atoms with van der Waals surface area (Å²) in [6.07, 6.45) is 8.08. The van der Waals surface area contributed by atoms with Gasteiger partial charge in [-0.1, -0.05) is 11.6 Å². The number of hydrogen-bond donors (Lipinski definition) is 2. The molecule has 0 aromatic carbocycles. The van der Waals surface area contributed by atoms with E-state index in [-0.39, 0.29) is 18.0 Å². The lowest BCUT2D eigenvalue weighted by molar-refractivity contribution is -0.130. The zero-order valence-corrected chi connectivity index (χ0v) is 9.53. The molecule has 1 fully saturated rings. The minimum absolute atomic E-state index is 0.0277. The van der Waals surface area contributed by atoms with E-state index in [1.165, 1.54) is 5.57 Å². The van der Waals surface area contributed by atoms with Gasteiger partial charge in [0, 0.05) is 6.42 Å². The first-order valence-electron chi connectivity index (χ1n) is 5.67. The maximum absolute atomic E-state index is 10.9. The fraction of sp³-hybridized carbons (Fsp3) is 0.583. The lowest BCUT2D eigenvalue weighted by Gasteiger charge is -2.34. The minimum atomic E-state index is -0.304. The van der Waals surface area contributed by atoms with Crippen molar-refractivity contribution in [1.29, 1.82) is 0 Å². The Bertz CT molecular complexity index is 347. The van der Waals surface area contributed by atoms with Crippen LogP contribution in [0.1, 0.15) is 25.7 Å². The Hall–Kier alpha value is -1.29. The van der Waals surface area contributed by atoms with Gasteiger partial charge in [0.15, 0.2) is 0 Å². The summed E-state index contributed by atoms with van der Waals surface area (Å²) in [4.78, 5) is 10.9. The van der Waals surface area contributed by atoms with Crippen LogP contribution in [0.25, 0.3) is 0 Å². The highest BCUT2D eigenvalue weighted by Gasteiger charge is 2.35. The van der Waals surface area contributed by atoms with Crippen LogP contribution < -0.4 is 11.1 Å². The fourth-order valence-electron chi connectivity index (χ4n) is 2.12. The van der Waals surface area contributed by atoms with Crippen LogP contribution in [0, 0.1) is 0 Å². The molecule has 3 N–H and O–H groups in total. The van der Waals surface area contributed by atoms with Gasteiger partial charge >= 0.3 is 0 Å². The number of methoxy groups -OCH3 is 1. The van der Waals surface area contributed by atoms with E-state index in [0.29, 0.717) is 0 Å². The normalized spacial score (nSPS) is 28.8. The third-order valence-corrected chi connectivity index (χ3v) is 3.26. The third-order valence-electron chi connectivity index (χ3n) is 3.26. The molecule has 2 aliphatic rings. The molecule has 0 spiro atoms. The van der Waals surface area contributed by atoms with Gasteiger partial charge in [0.05, 0.1) is 18.9 Å². The van der Waals surface area contributed by atoms with Crippen LogP contribution >= 0.6 is 0 Å². The molecule has 0 radical (unpaired) electrons. The van der Waals surface area contributed by atoms with Crippen LogP contribution in [0.15, 0.2) is 23.5 Å².